The van der Waals surface area contributed by atoms with Crippen LogP contribution in [0.2, 0.25) is 0 Å². The summed E-state index contributed by atoms with van der Waals surface area (Å²) in [5.41, 5.74) is 2.07. The lowest BCUT2D eigenvalue weighted by Crippen LogP contribution is -2.46. The van der Waals surface area contributed by atoms with Gasteiger partial charge in [-0.3, -0.25) is 9.69 Å². The third kappa shape index (κ3) is 4.24. The van der Waals surface area contributed by atoms with Crippen molar-refractivity contribution < 1.29 is 25.2 Å². The maximum atomic E-state index is 12.6. The number of hydrogen-bond acceptors (Lipinski definition) is 5. The highest BCUT2D eigenvalue weighted by atomic mass is 16.4. The third-order valence-electron chi connectivity index (χ3n) is 6.11. The summed E-state index contributed by atoms with van der Waals surface area (Å²) in [4.78, 5) is 14.9. The van der Waals surface area contributed by atoms with Crippen LogP contribution >= 0.6 is 0 Å². The normalized spacial score (nSPS) is 19.4. The average Bonchev–Trinajstić information content (AvgIpc) is 2.70. The number of aliphatic carboxylic acids is 1. The number of carboxylic acids is 1. The SMILES string of the molecule is CCCN(CCC)C1CCc2cccc(O)c2C1C(C(=O)O)c1ccc(O)c(O)c1. The van der Waals surface area contributed by atoms with Crippen molar-refractivity contribution in [2.24, 2.45) is 0 Å². The molecule has 30 heavy (non-hydrogen) atoms. The standard InChI is InChI=1S/C24H31NO5/c1-3-12-25(13-4-2)17-10-8-15-6-5-7-19(27)21(15)23(17)22(24(29)30)16-9-11-18(26)20(28)14-16/h5-7,9,11,14,17,22-23,26-28H,3-4,8,10,12-13H2,1-2H3,(H,29,30). The maximum Gasteiger partial charge on any atom is 0.311 e. The fraction of sp³-hybridized carbons (Fsp3) is 0.458. The van der Waals surface area contributed by atoms with Crippen LogP contribution in [0.5, 0.6) is 17.2 Å². The fourth-order valence-corrected chi connectivity index (χ4v) is 4.93. The van der Waals surface area contributed by atoms with Crippen LogP contribution < -0.4 is 0 Å². The van der Waals surface area contributed by atoms with Crippen molar-refractivity contribution in [3.63, 3.8) is 0 Å². The Bertz CT molecular complexity index is 891. The van der Waals surface area contributed by atoms with Crippen molar-refractivity contribution in [2.45, 2.75) is 57.4 Å². The average molecular weight is 414 g/mol. The van der Waals surface area contributed by atoms with Crippen LogP contribution in [-0.4, -0.2) is 50.4 Å². The van der Waals surface area contributed by atoms with Crippen molar-refractivity contribution in [1.29, 1.82) is 0 Å². The number of benzene rings is 2. The van der Waals surface area contributed by atoms with Crippen molar-refractivity contribution in [3.05, 3.63) is 53.1 Å². The first kappa shape index (κ1) is 22.0. The highest BCUT2D eigenvalue weighted by molar-refractivity contribution is 5.79. The Kier molecular flexibility index (Phi) is 6.87. The monoisotopic (exact) mass is 413 g/mol. The molecule has 3 atom stereocenters. The Balaban J connectivity index is 2.18. The Morgan fingerprint density at radius 2 is 1.73 bits per heavy atom. The summed E-state index contributed by atoms with van der Waals surface area (Å²) in [6.45, 7) is 5.92. The molecular weight excluding hydrogens is 382 g/mol. The first-order valence-corrected chi connectivity index (χ1v) is 10.7. The molecule has 0 bridgehead atoms. The van der Waals surface area contributed by atoms with Crippen molar-refractivity contribution in [1.82, 2.24) is 4.90 Å². The van der Waals surface area contributed by atoms with Gasteiger partial charge in [0.05, 0.1) is 5.92 Å². The number of fused-ring (bicyclic) bond motifs is 1. The van der Waals surface area contributed by atoms with Crippen LogP contribution in [0.25, 0.3) is 0 Å². The van der Waals surface area contributed by atoms with Gasteiger partial charge in [0.1, 0.15) is 5.75 Å². The summed E-state index contributed by atoms with van der Waals surface area (Å²) in [5, 5.41) is 40.8. The first-order valence-electron chi connectivity index (χ1n) is 10.7. The van der Waals surface area contributed by atoms with Crippen LogP contribution in [0.15, 0.2) is 36.4 Å². The van der Waals surface area contributed by atoms with Gasteiger partial charge in [-0.15, -0.1) is 0 Å². The number of carbonyl (C=O) groups is 1. The lowest BCUT2D eigenvalue weighted by molar-refractivity contribution is -0.140. The molecule has 4 N–H and O–H groups in total. The van der Waals surface area contributed by atoms with Crippen LogP contribution in [0.4, 0.5) is 0 Å². The highest BCUT2D eigenvalue weighted by Crippen LogP contribution is 2.48. The predicted molar refractivity (Wildman–Crippen MR) is 115 cm³/mol. The van der Waals surface area contributed by atoms with Gasteiger partial charge in [0.25, 0.3) is 0 Å². The number of nitrogens with zero attached hydrogens (tertiary/aromatic N) is 1. The van der Waals surface area contributed by atoms with Crippen LogP contribution in [0.3, 0.4) is 0 Å². The molecule has 0 amide bonds. The summed E-state index contributed by atoms with van der Waals surface area (Å²) in [7, 11) is 0. The molecule has 2 aromatic carbocycles. The summed E-state index contributed by atoms with van der Waals surface area (Å²) < 4.78 is 0. The van der Waals surface area contributed by atoms with Crippen molar-refractivity contribution >= 4 is 5.97 Å². The molecular formula is C24H31NO5. The molecule has 6 nitrogen and oxygen atoms in total. The molecule has 1 aliphatic rings. The summed E-state index contributed by atoms with van der Waals surface area (Å²) in [5.74, 6) is -2.98. The second-order valence-electron chi connectivity index (χ2n) is 8.08. The second-order valence-corrected chi connectivity index (χ2v) is 8.08. The molecule has 0 aromatic heterocycles. The van der Waals surface area contributed by atoms with Gasteiger partial charge in [0, 0.05) is 17.5 Å². The van der Waals surface area contributed by atoms with Gasteiger partial charge in [-0.2, -0.15) is 0 Å². The molecule has 0 radical (unpaired) electrons. The van der Waals surface area contributed by atoms with E-state index in [1.807, 2.05) is 6.07 Å². The molecule has 6 heteroatoms. The molecule has 2 aromatic rings. The number of carboxylic acid groups (broad SMARTS) is 1. The highest BCUT2D eigenvalue weighted by Gasteiger charge is 2.43. The zero-order valence-corrected chi connectivity index (χ0v) is 17.6. The molecule has 0 aliphatic heterocycles. The van der Waals surface area contributed by atoms with E-state index in [0.29, 0.717) is 11.1 Å². The van der Waals surface area contributed by atoms with Gasteiger partial charge in [0.2, 0.25) is 0 Å². The van der Waals surface area contributed by atoms with E-state index < -0.39 is 17.8 Å². The van der Waals surface area contributed by atoms with E-state index >= 15 is 0 Å². The molecule has 0 saturated carbocycles. The quantitative estimate of drug-likeness (QED) is 0.484. The van der Waals surface area contributed by atoms with Gasteiger partial charge in [-0.1, -0.05) is 32.0 Å². The van der Waals surface area contributed by atoms with Crippen LogP contribution in [-0.2, 0) is 11.2 Å². The lowest BCUT2D eigenvalue weighted by Gasteiger charge is -2.43. The molecule has 0 saturated heterocycles. The van der Waals surface area contributed by atoms with Gasteiger partial charge in [0.15, 0.2) is 11.5 Å². The number of hydrogen-bond donors (Lipinski definition) is 4. The summed E-state index contributed by atoms with van der Waals surface area (Å²) in [6.07, 6.45) is 3.49. The minimum absolute atomic E-state index is 0.0530. The molecule has 0 fully saturated rings. The van der Waals surface area contributed by atoms with E-state index in [0.717, 1.165) is 44.3 Å². The topological polar surface area (TPSA) is 101 Å². The van der Waals surface area contributed by atoms with Crippen molar-refractivity contribution in [3.8, 4) is 17.2 Å². The Hall–Kier alpha value is -2.73. The zero-order chi connectivity index (χ0) is 21.8. The smallest absolute Gasteiger partial charge is 0.311 e. The van der Waals surface area contributed by atoms with Gasteiger partial charge >= 0.3 is 5.97 Å². The molecule has 162 valence electrons. The summed E-state index contributed by atoms with van der Waals surface area (Å²) >= 11 is 0. The van der Waals surface area contributed by atoms with Crippen LogP contribution in [0.1, 0.15) is 61.6 Å². The molecule has 0 heterocycles. The number of aromatic hydroxyl groups is 3. The zero-order valence-electron chi connectivity index (χ0n) is 17.6. The van der Waals surface area contributed by atoms with Gasteiger partial charge in [-0.25, -0.2) is 0 Å². The van der Waals surface area contributed by atoms with E-state index in [2.05, 4.69) is 18.7 Å². The largest absolute Gasteiger partial charge is 0.508 e. The van der Waals surface area contributed by atoms with E-state index in [-0.39, 0.29) is 23.3 Å². The van der Waals surface area contributed by atoms with E-state index in [1.165, 1.54) is 12.1 Å². The lowest BCUT2D eigenvalue weighted by atomic mass is 9.69. The molecule has 1 aliphatic carbocycles. The molecule has 3 unspecified atom stereocenters. The fourth-order valence-electron chi connectivity index (χ4n) is 4.93. The second kappa shape index (κ2) is 9.39. The third-order valence-corrected chi connectivity index (χ3v) is 6.11. The van der Waals surface area contributed by atoms with E-state index in [1.54, 1.807) is 18.2 Å². The van der Waals surface area contributed by atoms with E-state index in [4.69, 9.17) is 0 Å². The van der Waals surface area contributed by atoms with Crippen molar-refractivity contribution in [2.75, 3.05) is 13.1 Å². The number of aryl methyl sites for hydroxylation is 1. The predicted octanol–water partition coefficient (Wildman–Crippen LogP) is 4.19. The first-order chi connectivity index (χ1) is 14.4. The van der Waals surface area contributed by atoms with Gasteiger partial charge < -0.3 is 20.4 Å². The Labute approximate surface area is 177 Å². The number of rotatable bonds is 8. The van der Waals surface area contributed by atoms with Crippen LogP contribution in [0, 0.1) is 0 Å². The minimum Gasteiger partial charge on any atom is -0.508 e. The molecule has 0 spiro atoms. The van der Waals surface area contributed by atoms with Gasteiger partial charge in [-0.05, 0) is 68.1 Å². The number of phenolic OH excluding ortho intramolecular Hbond substituents is 3. The summed E-state index contributed by atoms with van der Waals surface area (Å²) in [6, 6.07) is 9.50. The maximum absolute atomic E-state index is 12.6. The minimum atomic E-state index is -1.01. The number of phenols is 3. The Morgan fingerprint density at radius 3 is 2.33 bits per heavy atom. The molecule has 3 rings (SSSR count). The van der Waals surface area contributed by atoms with E-state index in [9.17, 15) is 25.2 Å². The Morgan fingerprint density at radius 1 is 1.03 bits per heavy atom.